The van der Waals surface area contributed by atoms with E-state index in [1.807, 2.05) is 50.2 Å². The Morgan fingerprint density at radius 3 is 2.14 bits per heavy atom. The zero-order valence-electron chi connectivity index (χ0n) is 20.9. The van der Waals surface area contributed by atoms with Crippen LogP contribution in [-0.2, 0) is 26.0 Å². The number of carbonyl (C=O) groups excluding carboxylic acids is 2. The molecule has 0 saturated carbocycles. The van der Waals surface area contributed by atoms with Gasteiger partial charge in [0.2, 0.25) is 11.8 Å². The molecule has 3 aromatic rings. The third-order valence-corrected chi connectivity index (χ3v) is 7.80. The van der Waals surface area contributed by atoms with Crippen molar-refractivity contribution in [3.05, 3.63) is 96.1 Å². The third kappa shape index (κ3) is 6.51. The van der Waals surface area contributed by atoms with Crippen LogP contribution in [0.2, 0.25) is 0 Å². The first-order valence-electron chi connectivity index (χ1n) is 12.0. The largest absolute Gasteiger partial charge is 0.357 e. The number of amides is 2. The molecule has 7 nitrogen and oxygen atoms in total. The molecule has 0 saturated heterocycles. The van der Waals surface area contributed by atoms with Crippen LogP contribution in [0.4, 0.5) is 5.69 Å². The Morgan fingerprint density at radius 2 is 1.56 bits per heavy atom. The molecule has 0 aromatic heterocycles. The second kappa shape index (κ2) is 12.4. The van der Waals surface area contributed by atoms with E-state index in [-0.39, 0.29) is 17.3 Å². The van der Waals surface area contributed by atoms with Crippen molar-refractivity contribution >= 4 is 27.5 Å². The lowest BCUT2D eigenvalue weighted by Gasteiger charge is -2.33. The van der Waals surface area contributed by atoms with Crippen LogP contribution < -0.4 is 9.62 Å². The minimum atomic E-state index is -4.04. The van der Waals surface area contributed by atoms with Gasteiger partial charge in [0.25, 0.3) is 10.0 Å². The number of hydrogen-bond acceptors (Lipinski definition) is 4. The number of nitrogens with one attached hydrogen (secondary N) is 1. The number of carbonyl (C=O) groups is 2. The molecule has 0 aliphatic carbocycles. The molecular weight excluding hydrogens is 474 g/mol. The van der Waals surface area contributed by atoms with Crippen LogP contribution in [0.3, 0.4) is 0 Å². The minimum Gasteiger partial charge on any atom is -0.357 e. The van der Waals surface area contributed by atoms with Gasteiger partial charge in [-0.1, -0.05) is 67.6 Å². The quantitative estimate of drug-likeness (QED) is 0.428. The zero-order chi connectivity index (χ0) is 26.1. The summed E-state index contributed by atoms with van der Waals surface area (Å²) in [5, 5.41) is 2.63. The van der Waals surface area contributed by atoms with Gasteiger partial charge in [0, 0.05) is 13.6 Å². The van der Waals surface area contributed by atoms with Gasteiger partial charge in [-0.3, -0.25) is 13.9 Å². The second-order valence-electron chi connectivity index (χ2n) is 8.52. The Bertz CT molecular complexity index is 1260. The molecule has 1 atom stereocenters. The van der Waals surface area contributed by atoms with Crippen LogP contribution in [0.25, 0.3) is 0 Å². The normalized spacial score (nSPS) is 12.0. The van der Waals surface area contributed by atoms with E-state index >= 15 is 0 Å². The summed E-state index contributed by atoms with van der Waals surface area (Å²) in [5.41, 5.74) is 2.28. The molecule has 0 aliphatic rings. The monoisotopic (exact) mass is 507 g/mol. The minimum absolute atomic E-state index is 0.0912. The summed E-state index contributed by atoms with van der Waals surface area (Å²) in [5.74, 6) is -0.727. The van der Waals surface area contributed by atoms with Gasteiger partial charge >= 0.3 is 0 Å². The van der Waals surface area contributed by atoms with Gasteiger partial charge in [-0.2, -0.15) is 0 Å². The predicted octanol–water partition coefficient (Wildman–Crippen LogP) is 3.79. The Hall–Kier alpha value is -3.65. The lowest BCUT2D eigenvalue weighted by atomic mass is 10.1. The molecule has 0 fully saturated rings. The van der Waals surface area contributed by atoms with E-state index < -0.39 is 28.5 Å². The molecule has 0 radical (unpaired) electrons. The predicted molar refractivity (Wildman–Crippen MR) is 142 cm³/mol. The molecule has 0 aliphatic heterocycles. The van der Waals surface area contributed by atoms with E-state index in [0.29, 0.717) is 18.5 Å². The maximum absolute atomic E-state index is 13.8. The first-order valence-corrected chi connectivity index (χ1v) is 13.4. The Balaban J connectivity index is 1.99. The Morgan fingerprint density at radius 1 is 0.917 bits per heavy atom. The molecule has 3 aromatic carbocycles. The Kier molecular flexibility index (Phi) is 9.25. The van der Waals surface area contributed by atoms with Crippen molar-refractivity contribution in [1.29, 1.82) is 0 Å². The van der Waals surface area contributed by atoms with Crippen molar-refractivity contribution in [3.63, 3.8) is 0 Å². The van der Waals surface area contributed by atoms with E-state index in [4.69, 9.17) is 0 Å². The van der Waals surface area contributed by atoms with Crippen molar-refractivity contribution in [2.75, 3.05) is 24.4 Å². The first-order chi connectivity index (χ1) is 17.3. The first kappa shape index (κ1) is 26.9. The van der Waals surface area contributed by atoms with Crippen LogP contribution in [0, 0.1) is 6.92 Å². The lowest BCUT2D eigenvalue weighted by molar-refractivity contribution is -0.139. The Labute approximate surface area is 213 Å². The summed E-state index contributed by atoms with van der Waals surface area (Å²) in [7, 11) is -2.51. The molecule has 0 bridgehead atoms. The topological polar surface area (TPSA) is 86.8 Å². The van der Waals surface area contributed by atoms with Crippen LogP contribution in [0.1, 0.15) is 24.5 Å². The van der Waals surface area contributed by atoms with Crippen LogP contribution in [-0.4, -0.2) is 51.3 Å². The van der Waals surface area contributed by atoms with Crippen LogP contribution in [0.5, 0.6) is 0 Å². The molecule has 0 heterocycles. The highest BCUT2D eigenvalue weighted by molar-refractivity contribution is 7.92. The van der Waals surface area contributed by atoms with E-state index in [9.17, 15) is 18.0 Å². The fourth-order valence-electron chi connectivity index (χ4n) is 4.09. The smallest absolute Gasteiger partial charge is 0.264 e. The van der Waals surface area contributed by atoms with Crippen LogP contribution >= 0.6 is 0 Å². The van der Waals surface area contributed by atoms with Crippen LogP contribution in [0.15, 0.2) is 89.8 Å². The summed E-state index contributed by atoms with van der Waals surface area (Å²) < 4.78 is 28.5. The van der Waals surface area contributed by atoms with Gasteiger partial charge in [0.15, 0.2) is 0 Å². The fourth-order valence-corrected chi connectivity index (χ4v) is 5.52. The fraction of sp³-hybridized carbons (Fsp3) is 0.286. The molecule has 3 rings (SSSR count). The number of anilines is 1. The molecular formula is C28H33N3O4S. The zero-order valence-corrected chi connectivity index (χ0v) is 21.7. The summed E-state index contributed by atoms with van der Waals surface area (Å²) >= 11 is 0. The highest BCUT2D eigenvalue weighted by atomic mass is 32.2. The maximum Gasteiger partial charge on any atom is 0.264 e. The number of nitrogens with zero attached hydrogens (tertiary/aromatic N) is 2. The van der Waals surface area contributed by atoms with Gasteiger partial charge in [0.1, 0.15) is 12.6 Å². The third-order valence-electron chi connectivity index (χ3n) is 6.02. The number of hydrogen-bond donors (Lipinski definition) is 1. The molecule has 1 N–H and O–H groups in total. The average Bonchev–Trinajstić information content (AvgIpc) is 2.90. The molecule has 8 heteroatoms. The van der Waals surface area contributed by atoms with Gasteiger partial charge in [-0.25, -0.2) is 8.42 Å². The molecule has 0 spiro atoms. The van der Waals surface area contributed by atoms with Gasteiger partial charge in [-0.05, 0) is 55.2 Å². The maximum atomic E-state index is 13.8. The summed E-state index contributed by atoms with van der Waals surface area (Å²) in [6.45, 7) is 3.55. The van der Waals surface area contributed by atoms with Crippen molar-refractivity contribution in [2.24, 2.45) is 0 Å². The van der Waals surface area contributed by atoms with Gasteiger partial charge in [-0.15, -0.1) is 0 Å². The van der Waals surface area contributed by atoms with E-state index in [1.165, 1.54) is 24.1 Å². The number of rotatable bonds is 11. The van der Waals surface area contributed by atoms with Crippen molar-refractivity contribution < 1.29 is 18.0 Å². The van der Waals surface area contributed by atoms with Gasteiger partial charge in [0.05, 0.1) is 10.6 Å². The lowest BCUT2D eigenvalue weighted by Crippen LogP contribution is -2.52. The van der Waals surface area contributed by atoms with E-state index in [2.05, 4.69) is 5.32 Å². The molecule has 1 unspecified atom stereocenters. The average molecular weight is 508 g/mol. The van der Waals surface area contributed by atoms with Crippen molar-refractivity contribution in [1.82, 2.24) is 10.2 Å². The highest BCUT2D eigenvalue weighted by Gasteiger charge is 2.33. The number of benzene rings is 3. The summed E-state index contributed by atoms with van der Waals surface area (Å²) in [6, 6.07) is 24.0. The number of aryl methyl sites for hydroxylation is 1. The summed E-state index contributed by atoms with van der Waals surface area (Å²) in [4.78, 5) is 28.0. The molecule has 190 valence electrons. The highest BCUT2D eigenvalue weighted by Crippen LogP contribution is 2.25. The van der Waals surface area contributed by atoms with E-state index in [0.717, 1.165) is 15.4 Å². The van der Waals surface area contributed by atoms with Crippen molar-refractivity contribution in [3.8, 4) is 0 Å². The SMILES string of the molecule is CCC(C(=O)NC)N(CCc1ccccc1)C(=O)CN(c1cccc(C)c1)S(=O)(=O)c1ccccc1. The number of sulfonamides is 1. The summed E-state index contributed by atoms with van der Waals surface area (Å²) in [6.07, 6.45) is 0.937. The standard InChI is InChI=1S/C28H33N3O4S/c1-4-26(28(33)29-3)30(19-18-23-13-7-5-8-14-23)27(32)21-31(24-15-11-12-22(2)20-24)36(34,35)25-16-9-6-10-17-25/h5-17,20,26H,4,18-19,21H2,1-3H3,(H,29,33). The second-order valence-corrected chi connectivity index (χ2v) is 10.4. The molecule has 36 heavy (non-hydrogen) atoms. The van der Waals surface area contributed by atoms with Gasteiger partial charge < -0.3 is 10.2 Å². The van der Waals surface area contributed by atoms with Crippen molar-refractivity contribution in [2.45, 2.75) is 37.6 Å². The number of likely N-dealkylation sites (N-methyl/N-ethyl adjacent to an activating group) is 1. The molecule has 2 amide bonds. The van der Waals surface area contributed by atoms with E-state index in [1.54, 1.807) is 36.4 Å².